The lowest BCUT2D eigenvalue weighted by molar-refractivity contribution is 0.0119. The van der Waals surface area contributed by atoms with Crippen molar-refractivity contribution in [2.24, 2.45) is 5.73 Å². The Labute approximate surface area is 133 Å². The van der Waals surface area contributed by atoms with Gasteiger partial charge in [-0.3, -0.25) is 4.79 Å². The summed E-state index contributed by atoms with van der Waals surface area (Å²) < 4.78 is 25.8. The topological polar surface area (TPSA) is 68.0 Å². The summed E-state index contributed by atoms with van der Waals surface area (Å²) in [7, 11) is 0. The number of carbonyl (C=O) groups is 1. The smallest absolute Gasteiger partial charge is 0.277 e. The molecule has 1 heterocycles. The molecule has 0 saturated carbocycles. The van der Waals surface area contributed by atoms with E-state index in [0.29, 0.717) is 10.6 Å². The normalized spacial score (nSPS) is 10.4. The van der Waals surface area contributed by atoms with Gasteiger partial charge in [-0.1, -0.05) is 6.92 Å². The number of halogens is 4. The Kier molecular flexibility index (Phi) is 10.3. The van der Waals surface area contributed by atoms with Crippen molar-refractivity contribution >= 4 is 42.1 Å². The number of hydrogen-bond donors (Lipinski definition) is 2. The maximum absolute atomic E-state index is 12.9. The van der Waals surface area contributed by atoms with Crippen LogP contribution < -0.4 is 11.1 Å². The number of aryl methyl sites for hydroxylation is 2. The Morgan fingerprint density at radius 1 is 1.45 bits per heavy atom. The van der Waals surface area contributed by atoms with E-state index in [2.05, 4.69) is 10.3 Å². The lowest BCUT2D eigenvalue weighted by Crippen LogP contribution is -2.41. The van der Waals surface area contributed by atoms with Crippen molar-refractivity contribution in [3.63, 3.8) is 0 Å². The second-order valence-corrected chi connectivity index (χ2v) is 5.10. The summed E-state index contributed by atoms with van der Waals surface area (Å²) >= 11 is 1.25. The summed E-state index contributed by atoms with van der Waals surface area (Å²) in [5.74, 6) is -3.58. The monoisotopic (exact) mass is 349 g/mol. The molecule has 0 fully saturated rings. The quantitative estimate of drug-likeness (QED) is 0.829. The number of thiazole rings is 1. The molecule has 118 valence electrons. The Hall–Kier alpha value is -0.500. The molecule has 1 rings (SSSR count). The zero-order chi connectivity index (χ0) is 13.8. The van der Waals surface area contributed by atoms with Crippen LogP contribution in [0.15, 0.2) is 0 Å². The minimum absolute atomic E-state index is 0. The number of nitrogens with one attached hydrogen (secondary N) is 1. The van der Waals surface area contributed by atoms with E-state index < -0.39 is 24.9 Å². The molecule has 0 aromatic carbocycles. The molecule has 3 N–H and O–H groups in total. The van der Waals surface area contributed by atoms with E-state index in [1.807, 2.05) is 6.92 Å². The molecule has 1 amide bonds. The average molecular weight is 350 g/mol. The molecule has 0 radical (unpaired) electrons. The van der Waals surface area contributed by atoms with Gasteiger partial charge in [0.05, 0.1) is 23.8 Å². The number of nitrogens with two attached hydrogens (primary N) is 1. The molecule has 0 saturated heterocycles. The fraction of sp³-hybridized carbons (Fsp3) is 0.636. The SMILES string of the molecule is CCCc1nc(C)c(C(=O)NCC(F)(F)CN)s1.Cl.Cl. The first-order chi connectivity index (χ1) is 8.39. The van der Waals surface area contributed by atoms with Crippen molar-refractivity contribution in [2.45, 2.75) is 32.6 Å². The minimum atomic E-state index is -3.07. The molecule has 1 aromatic heterocycles. The summed E-state index contributed by atoms with van der Waals surface area (Å²) in [4.78, 5) is 16.4. The summed E-state index contributed by atoms with van der Waals surface area (Å²) in [6.07, 6.45) is 1.72. The standard InChI is InChI=1S/C11H17F2N3OS.2ClH/c1-3-4-8-16-7(2)9(18-8)10(17)15-6-11(12,13)5-14;;/h3-6,14H2,1-2H3,(H,15,17);2*1H. The minimum Gasteiger partial charge on any atom is -0.345 e. The van der Waals surface area contributed by atoms with Crippen molar-refractivity contribution in [3.8, 4) is 0 Å². The second-order valence-electron chi connectivity index (χ2n) is 4.01. The molecule has 0 atom stereocenters. The molecule has 20 heavy (non-hydrogen) atoms. The van der Waals surface area contributed by atoms with Gasteiger partial charge in [0.1, 0.15) is 4.88 Å². The summed E-state index contributed by atoms with van der Waals surface area (Å²) in [6, 6.07) is 0. The van der Waals surface area contributed by atoms with E-state index >= 15 is 0 Å². The van der Waals surface area contributed by atoms with Gasteiger partial charge >= 0.3 is 0 Å². The van der Waals surface area contributed by atoms with Crippen LogP contribution >= 0.6 is 36.2 Å². The first-order valence-corrected chi connectivity index (χ1v) is 6.53. The fourth-order valence-electron chi connectivity index (χ4n) is 1.35. The molecule has 9 heteroatoms. The highest BCUT2D eigenvalue weighted by molar-refractivity contribution is 7.13. The van der Waals surface area contributed by atoms with Gasteiger partial charge in [-0.05, 0) is 19.8 Å². The second kappa shape index (κ2) is 9.44. The molecule has 0 aliphatic carbocycles. The Bertz CT molecular complexity index is 430. The maximum Gasteiger partial charge on any atom is 0.277 e. The molecule has 0 aliphatic heterocycles. The van der Waals surface area contributed by atoms with E-state index in [1.54, 1.807) is 6.92 Å². The van der Waals surface area contributed by atoms with E-state index in [9.17, 15) is 13.6 Å². The van der Waals surface area contributed by atoms with E-state index in [-0.39, 0.29) is 24.8 Å². The number of rotatable bonds is 6. The van der Waals surface area contributed by atoms with Crippen LogP contribution in [0.1, 0.15) is 33.7 Å². The van der Waals surface area contributed by atoms with Crippen LogP contribution in [0.25, 0.3) is 0 Å². The van der Waals surface area contributed by atoms with Gasteiger partial charge in [-0.2, -0.15) is 0 Å². The largest absolute Gasteiger partial charge is 0.345 e. The Balaban J connectivity index is 0. The number of carbonyl (C=O) groups excluding carboxylic acids is 1. The van der Waals surface area contributed by atoms with Crippen LogP contribution in [0.3, 0.4) is 0 Å². The molecule has 4 nitrogen and oxygen atoms in total. The summed E-state index contributed by atoms with van der Waals surface area (Å²) in [5.41, 5.74) is 5.47. The number of nitrogens with zero attached hydrogens (tertiary/aromatic N) is 1. The summed E-state index contributed by atoms with van der Waals surface area (Å²) in [6.45, 7) is 2.18. The molecule has 0 spiro atoms. The number of amides is 1. The fourth-order valence-corrected chi connectivity index (χ4v) is 2.43. The van der Waals surface area contributed by atoms with E-state index in [1.165, 1.54) is 11.3 Å². The van der Waals surface area contributed by atoms with Crippen LogP contribution in [0.4, 0.5) is 8.78 Å². The Morgan fingerprint density at radius 3 is 2.55 bits per heavy atom. The zero-order valence-corrected chi connectivity index (χ0v) is 13.7. The predicted molar refractivity (Wildman–Crippen MR) is 81.7 cm³/mol. The first kappa shape index (κ1) is 21.8. The maximum atomic E-state index is 12.9. The molecular formula is C11H19Cl2F2N3OS. The van der Waals surface area contributed by atoms with Crippen molar-refractivity contribution in [1.29, 1.82) is 0 Å². The van der Waals surface area contributed by atoms with Crippen LogP contribution in [0.2, 0.25) is 0 Å². The third-order valence-corrected chi connectivity index (χ3v) is 3.53. The number of alkyl halides is 2. The van der Waals surface area contributed by atoms with Gasteiger partial charge in [0.25, 0.3) is 11.8 Å². The molecule has 0 unspecified atom stereocenters. The van der Waals surface area contributed by atoms with Crippen LogP contribution in [0.5, 0.6) is 0 Å². The molecular weight excluding hydrogens is 331 g/mol. The van der Waals surface area contributed by atoms with Gasteiger partial charge in [-0.25, -0.2) is 13.8 Å². The summed E-state index contributed by atoms with van der Waals surface area (Å²) in [5, 5.41) is 3.04. The zero-order valence-electron chi connectivity index (χ0n) is 11.2. The average Bonchev–Trinajstić information content (AvgIpc) is 2.68. The highest BCUT2D eigenvalue weighted by atomic mass is 35.5. The van der Waals surface area contributed by atoms with Crippen molar-refractivity contribution in [1.82, 2.24) is 10.3 Å². The Morgan fingerprint density at radius 2 is 2.05 bits per heavy atom. The van der Waals surface area contributed by atoms with E-state index in [0.717, 1.165) is 17.8 Å². The lowest BCUT2D eigenvalue weighted by atomic mass is 10.3. The first-order valence-electron chi connectivity index (χ1n) is 5.72. The molecule has 0 bridgehead atoms. The highest BCUT2D eigenvalue weighted by Gasteiger charge is 2.28. The van der Waals surface area contributed by atoms with Gasteiger partial charge in [0.2, 0.25) is 0 Å². The van der Waals surface area contributed by atoms with Gasteiger partial charge in [0.15, 0.2) is 0 Å². The number of aromatic nitrogens is 1. The predicted octanol–water partition coefficient (Wildman–Crippen LogP) is 2.57. The third kappa shape index (κ3) is 6.30. The van der Waals surface area contributed by atoms with Gasteiger partial charge in [-0.15, -0.1) is 36.2 Å². The van der Waals surface area contributed by atoms with E-state index in [4.69, 9.17) is 5.73 Å². The number of hydrogen-bond acceptors (Lipinski definition) is 4. The third-order valence-electron chi connectivity index (χ3n) is 2.32. The van der Waals surface area contributed by atoms with Crippen LogP contribution in [-0.4, -0.2) is 29.9 Å². The molecule has 0 aliphatic rings. The van der Waals surface area contributed by atoms with Crippen molar-refractivity contribution in [2.75, 3.05) is 13.1 Å². The van der Waals surface area contributed by atoms with Crippen molar-refractivity contribution < 1.29 is 13.6 Å². The van der Waals surface area contributed by atoms with Gasteiger partial charge < -0.3 is 11.1 Å². The lowest BCUT2D eigenvalue weighted by Gasteiger charge is -2.13. The van der Waals surface area contributed by atoms with Gasteiger partial charge in [0, 0.05) is 0 Å². The van der Waals surface area contributed by atoms with Crippen LogP contribution in [-0.2, 0) is 6.42 Å². The van der Waals surface area contributed by atoms with Crippen molar-refractivity contribution in [3.05, 3.63) is 15.6 Å². The molecule has 1 aromatic rings. The van der Waals surface area contributed by atoms with Crippen LogP contribution in [0, 0.1) is 6.92 Å². The highest BCUT2D eigenvalue weighted by Crippen LogP contribution is 2.19.